The first-order valence-electron chi connectivity index (χ1n) is 6.25. The summed E-state index contributed by atoms with van der Waals surface area (Å²) < 4.78 is 1.57. The van der Waals surface area contributed by atoms with Gasteiger partial charge in [-0.05, 0) is 18.6 Å². The van der Waals surface area contributed by atoms with Crippen molar-refractivity contribution in [2.45, 2.75) is 19.4 Å². The topological polar surface area (TPSA) is 84.2 Å². The maximum Gasteiger partial charge on any atom is 0.326 e. The molecule has 1 aromatic heterocycles. The van der Waals surface area contributed by atoms with Crippen LogP contribution in [0, 0.1) is 0 Å². The lowest BCUT2D eigenvalue weighted by molar-refractivity contribution is -0.139. The molecule has 1 aromatic carbocycles. The molecule has 0 saturated heterocycles. The van der Waals surface area contributed by atoms with E-state index >= 15 is 0 Å². The van der Waals surface area contributed by atoms with Crippen molar-refractivity contribution in [2.24, 2.45) is 0 Å². The third-order valence-electron chi connectivity index (χ3n) is 2.88. The molecule has 2 aromatic rings. The Kier molecular flexibility index (Phi) is 4.14. The van der Waals surface area contributed by atoms with Crippen LogP contribution in [0.5, 0.6) is 0 Å². The number of amides is 1. The van der Waals surface area contributed by atoms with Gasteiger partial charge in [0.15, 0.2) is 0 Å². The van der Waals surface area contributed by atoms with Gasteiger partial charge in [0.05, 0.1) is 17.4 Å². The van der Waals surface area contributed by atoms with E-state index in [9.17, 15) is 9.59 Å². The molecule has 1 heterocycles. The van der Waals surface area contributed by atoms with Gasteiger partial charge in [-0.2, -0.15) is 5.10 Å². The minimum Gasteiger partial charge on any atom is -0.480 e. The Hall–Kier alpha value is -2.63. The summed E-state index contributed by atoms with van der Waals surface area (Å²) in [7, 11) is 0. The lowest BCUT2D eigenvalue weighted by Gasteiger charge is -2.10. The van der Waals surface area contributed by atoms with Crippen molar-refractivity contribution in [3.8, 4) is 5.69 Å². The zero-order valence-corrected chi connectivity index (χ0v) is 11.0. The van der Waals surface area contributed by atoms with Crippen LogP contribution in [0.4, 0.5) is 0 Å². The molecule has 0 unspecified atom stereocenters. The van der Waals surface area contributed by atoms with Gasteiger partial charge >= 0.3 is 5.97 Å². The van der Waals surface area contributed by atoms with Crippen LogP contribution in [0.2, 0.25) is 0 Å². The van der Waals surface area contributed by atoms with Crippen molar-refractivity contribution in [3.05, 3.63) is 48.3 Å². The van der Waals surface area contributed by atoms with E-state index in [1.807, 2.05) is 30.3 Å². The predicted octanol–water partition coefficient (Wildman–Crippen LogP) is 1.47. The van der Waals surface area contributed by atoms with E-state index in [4.69, 9.17) is 5.11 Å². The van der Waals surface area contributed by atoms with Crippen LogP contribution in [0.1, 0.15) is 23.7 Å². The Morgan fingerprint density at radius 1 is 1.35 bits per heavy atom. The number of carboxylic acid groups (broad SMARTS) is 1. The van der Waals surface area contributed by atoms with Crippen molar-refractivity contribution in [2.75, 3.05) is 0 Å². The number of benzene rings is 1. The smallest absolute Gasteiger partial charge is 0.326 e. The van der Waals surface area contributed by atoms with E-state index in [0.29, 0.717) is 12.0 Å². The summed E-state index contributed by atoms with van der Waals surface area (Å²) in [6.45, 7) is 1.70. The van der Waals surface area contributed by atoms with E-state index in [2.05, 4.69) is 10.4 Å². The van der Waals surface area contributed by atoms with E-state index < -0.39 is 17.9 Å². The number of carbonyl (C=O) groups is 2. The number of aromatic nitrogens is 2. The molecule has 0 bridgehead atoms. The van der Waals surface area contributed by atoms with Crippen molar-refractivity contribution < 1.29 is 14.7 Å². The SMILES string of the molecule is CC[C@@H](NC(=O)c1cnn(-c2ccccc2)c1)C(=O)O. The second kappa shape index (κ2) is 6.01. The fraction of sp³-hybridized carbons (Fsp3) is 0.214. The van der Waals surface area contributed by atoms with Crippen LogP contribution in [0.3, 0.4) is 0 Å². The van der Waals surface area contributed by atoms with Gasteiger partial charge in [0.2, 0.25) is 0 Å². The van der Waals surface area contributed by atoms with Crippen LogP contribution in [-0.2, 0) is 4.79 Å². The van der Waals surface area contributed by atoms with Crippen LogP contribution in [-0.4, -0.2) is 32.8 Å². The second-order valence-electron chi connectivity index (χ2n) is 4.28. The molecule has 0 radical (unpaired) electrons. The first kappa shape index (κ1) is 13.8. The highest BCUT2D eigenvalue weighted by molar-refractivity contribution is 5.96. The zero-order chi connectivity index (χ0) is 14.5. The minimum atomic E-state index is -1.05. The minimum absolute atomic E-state index is 0.327. The molecule has 0 aliphatic rings. The molecule has 1 amide bonds. The Morgan fingerprint density at radius 3 is 2.65 bits per heavy atom. The van der Waals surface area contributed by atoms with Gasteiger partial charge < -0.3 is 10.4 Å². The van der Waals surface area contributed by atoms with Crippen LogP contribution < -0.4 is 5.32 Å². The van der Waals surface area contributed by atoms with Gasteiger partial charge in [-0.15, -0.1) is 0 Å². The maximum absolute atomic E-state index is 11.9. The molecule has 6 nitrogen and oxygen atoms in total. The van der Waals surface area contributed by atoms with E-state index in [1.54, 1.807) is 17.8 Å². The molecule has 2 N–H and O–H groups in total. The van der Waals surface area contributed by atoms with Gasteiger partial charge in [-0.3, -0.25) is 4.79 Å². The summed E-state index contributed by atoms with van der Waals surface area (Å²) in [5, 5.41) is 15.5. The van der Waals surface area contributed by atoms with Crippen LogP contribution >= 0.6 is 0 Å². The van der Waals surface area contributed by atoms with Crippen molar-refractivity contribution in [1.29, 1.82) is 0 Å². The van der Waals surface area contributed by atoms with Crippen molar-refractivity contribution >= 4 is 11.9 Å². The Bertz CT molecular complexity index is 607. The number of carbonyl (C=O) groups excluding carboxylic acids is 1. The first-order valence-corrected chi connectivity index (χ1v) is 6.25. The molecular weight excluding hydrogens is 258 g/mol. The van der Waals surface area contributed by atoms with Crippen LogP contribution in [0.15, 0.2) is 42.7 Å². The number of rotatable bonds is 5. The molecule has 6 heteroatoms. The molecule has 0 aliphatic heterocycles. The van der Waals surface area contributed by atoms with E-state index in [-0.39, 0.29) is 0 Å². The van der Waals surface area contributed by atoms with Crippen LogP contribution in [0.25, 0.3) is 5.69 Å². The summed E-state index contributed by atoms with van der Waals surface area (Å²) in [5.41, 5.74) is 1.16. The van der Waals surface area contributed by atoms with Crippen molar-refractivity contribution in [3.63, 3.8) is 0 Å². The number of hydrogen-bond donors (Lipinski definition) is 2. The standard InChI is InChI=1S/C14H15N3O3/c1-2-12(14(19)20)16-13(18)10-8-15-17(9-10)11-6-4-3-5-7-11/h3-9,12H,2H2,1H3,(H,16,18)(H,19,20)/t12-/m1/s1. The lowest BCUT2D eigenvalue weighted by Crippen LogP contribution is -2.40. The number of para-hydroxylation sites is 1. The number of aliphatic carboxylic acids is 1. The average molecular weight is 273 g/mol. The molecule has 0 aliphatic carbocycles. The third kappa shape index (κ3) is 3.03. The maximum atomic E-state index is 11.9. The van der Waals surface area contributed by atoms with E-state index in [0.717, 1.165) is 5.69 Å². The molecular formula is C14H15N3O3. The monoisotopic (exact) mass is 273 g/mol. The Morgan fingerprint density at radius 2 is 2.05 bits per heavy atom. The molecule has 104 valence electrons. The number of carboxylic acids is 1. The summed E-state index contributed by atoms with van der Waals surface area (Å²) in [6.07, 6.45) is 3.31. The average Bonchev–Trinajstić information content (AvgIpc) is 2.95. The fourth-order valence-electron chi connectivity index (χ4n) is 1.74. The summed E-state index contributed by atoms with van der Waals surface area (Å²) in [5.74, 6) is -1.49. The highest BCUT2D eigenvalue weighted by Crippen LogP contribution is 2.08. The summed E-state index contributed by atoms with van der Waals surface area (Å²) in [4.78, 5) is 22.8. The quantitative estimate of drug-likeness (QED) is 0.864. The summed E-state index contributed by atoms with van der Waals surface area (Å²) >= 11 is 0. The first-order chi connectivity index (χ1) is 9.61. The largest absolute Gasteiger partial charge is 0.480 e. The molecule has 0 saturated carbocycles. The fourth-order valence-corrected chi connectivity index (χ4v) is 1.74. The predicted molar refractivity (Wildman–Crippen MR) is 72.7 cm³/mol. The molecule has 20 heavy (non-hydrogen) atoms. The highest BCUT2D eigenvalue weighted by Gasteiger charge is 2.19. The molecule has 0 fully saturated rings. The normalized spacial score (nSPS) is 11.8. The zero-order valence-electron chi connectivity index (χ0n) is 11.0. The number of nitrogens with one attached hydrogen (secondary N) is 1. The van der Waals surface area contributed by atoms with Gasteiger partial charge in [-0.1, -0.05) is 25.1 Å². The number of nitrogens with zero attached hydrogens (tertiary/aromatic N) is 2. The van der Waals surface area contributed by atoms with Gasteiger partial charge in [0.25, 0.3) is 5.91 Å². The van der Waals surface area contributed by atoms with Gasteiger partial charge in [-0.25, -0.2) is 9.48 Å². The van der Waals surface area contributed by atoms with Gasteiger partial charge in [0, 0.05) is 6.20 Å². The summed E-state index contributed by atoms with van der Waals surface area (Å²) in [6, 6.07) is 8.46. The van der Waals surface area contributed by atoms with Crippen molar-refractivity contribution in [1.82, 2.24) is 15.1 Å². The highest BCUT2D eigenvalue weighted by atomic mass is 16.4. The third-order valence-corrected chi connectivity index (χ3v) is 2.88. The Labute approximate surface area is 116 Å². The molecule has 0 spiro atoms. The Balaban J connectivity index is 2.13. The van der Waals surface area contributed by atoms with Gasteiger partial charge in [0.1, 0.15) is 6.04 Å². The van der Waals surface area contributed by atoms with E-state index in [1.165, 1.54) is 6.20 Å². The molecule has 2 rings (SSSR count). The lowest BCUT2D eigenvalue weighted by atomic mass is 10.2. The number of hydrogen-bond acceptors (Lipinski definition) is 3. The molecule has 1 atom stereocenters. The second-order valence-corrected chi connectivity index (χ2v) is 4.28.